The smallest absolute Gasteiger partial charge is 0.0887 e. The quantitative estimate of drug-likeness (QED) is 0.768. The molecule has 3 heteroatoms. The molecule has 0 aliphatic carbocycles. The van der Waals surface area contributed by atoms with Gasteiger partial charge in [-0.05, 0) is 44.4 Å². The van der Waals surface area contributed by atoms with Crippen molar-refractivity contribution in [2.75, 3.05) is 13.2 Å². The fraction of sp³-hybridized carbons (Fsp3) is 0.643. The lowest BCUT2D eigenvalue weighted by Crippen LogP contribution is -2.33. The highest BCUT2D eigenvalue weighted by atomic mass is 16.5. The Balaban J connectivity index is 1.51. The molecule has 1 aromatic rings. The minimum absolute atomic E-state index is 0.638. The summed E-state index contributed by atoms with van der Waals surface area (Å²) in [6.45, 7) is 2.67. The van der Waals surface area contributed by atoms with Gasteiger partial charge >= 0.3 is 0 Å². The van der Waals surface area contributed by atoms with E-state index in [1.807, 2.05) is 24.4 Å². The molecule has 1 aliphatic rings. The molecule has 94 valence electrons. The predicted octanol–water partition coefficient (Wildman–Crippen LogP) is 2.52. The van der Waals surface area contributed by atoms with E-state index in [4.69, 9.17) is 4.74 Å². The van der Waals surface area contributed by atoms with Gasteiger partial charge in [0.1, 0.15) is 0 Å². The van der Waals surface area contributed by atoms with Gasteiger partial charge < -0.3 is 10.1 Å². The second kappa shape index (κ2) is 7.41. The fourth-order valence-corrected chi connectivity index (χ4v) is 2.26. The third kappa shape index (κ3) is 4.84. The van der Waals surface area contributed by atoms with Crippen molar-refractivity contribution in [1.29, 1.82) is 0 Å². The summed E-state index contributed by atoms with van der Waals surface area (Å²) >= 11 is 0. The number of pyridine rings is 1. The second-order valence-corrected chi connectivity index (χ2v) is 4.66. The van der Waals surface area contributed by atoms with Crippen molar-refractivity contribution in [2.45, 2.75) is 44.8 Å². The van der Waals surface area contributed by atoms with Crippen LogP contribution in [0.1, 0.15) is 37.8 Å². The molecule has 3 nitrogen and oxygen atoms in total. The molecule has 0 saturated carbocycles. The first-order valence-electron chi connectivity index (χ1n) is 6.66. The van der Waals surface area contributed by atoms with E-state index in [1.165, 1.54) is 32.2 Å². The van der Waals surface area contributed by atoms with Crippen LogP contribution in [0.3, 0.4) is 0 Å². The summed E-state index contributed by atoms with van der Waals surface area (Å²) in [4.78, 5) is 4.23. The van der Waals surface area contributed by atoms with Gasteiger partial charge in [-0.3, -0.25) is 4.98 Å². The molecule has 0 bridgehead atoms. The molecule has 0 aromatic carbocycles. The lowest BCUT2D eigenvalue weighted by molar-refractivity contribution is 0.111. The summed E-state index contributed by atoms with van der Waals surface area (Å²) in [7, 11) is 0. The van der Waals surface area contributed by atoms with Gasteiger partial charge in [0.15, 0.2) is 0 Å². The number of piperidine rings is 1. The fourth-order valence-electron chi connectivity index (χ4n) is 2.26. The number of aromatic nitrogens is 1. The molecule has 1 atom stereocenters. The SMILES string of the molecule is c1ccc(COCCC[C@H]2CCCCN2)nc1. The lowest BCUT2D eigenvalue weighted by Gasteiger charge is -2.23. The van der Waals surface area contributed by atoms with Crippen molar-refractivity contribution in [3.63, 3.8) is 0 Å². The number of ether oxygens (including phenoxy) is 1. The zero-order valence-electron chi connectivity index (χ0n) is 10.4. The van der Waals surface area contributed by atoms with Gasteiger partial charge in [0.25, 0.3) is 0 Å². The van der Waals surface area contributed by atoms with Crippen LogP contribution in [0.5, 0.6) is 0 Å². The molecule has 0 unspecified atom stereocenters. The molecule has 17 heavy (non-hydrogen) atoms. The highest BCUT2D eigenvalue weighted by Crippen LogP contribution is 2.11. The summed E-state index contributed by atoms with van der Waals surface area (Å²) in [5.74, 6) is 0. The molecular weight excluding hydrogens is 212 g/mol. The molecule has 0 spiro atoms. The Labute approximate surface area is 104 Å². The third-order valence-corrected chi connectivity index (χ3v) is 3.23. The van der Waals surface area contributed by atoms with E-state index in [2.05, 4.69) is 10.3 Å². The molecule has 1 aliphatic heterocycles. The number of nitrogens with zero attached hydrogens (tertiary/aromatic N) is 1. The largest absolute Gasteiger partial charge is 0.375 e. The highest BCUT2D eigenvalue weighted by molar-refractivity contribution is 5.01. The van der Waals surface area contributed by atoms with Crippen LogP contribution in [0.2, 0.25) is 0 Å². The molecule has 1 N–H and O–H groups in total. The predicted molar refractivity (Wildman–Crippen MR) is 68.8 cm³/mol. The lowest BCUT2D eigenvalue weighted by atomic mass is 10.0. The first-order valence-corrected chi connectivity index (χ1v) is 6.66. The normalized spacial score (nSPS) is 20.4. The van der Waals surface area contributed by atoms with Gasteiger partial charge in [-0.15, -0.1) is 0 Å². The maximum atomic E-state index is 5.62. The molecule has 1 saturated heterocycles. The summed E-state index contributed by atoms with van der Waals surface area (Å²) in [5.41, 5.74) is 1.02. The molecule has 2 rings (SSSR count). The van der Waals surface area contributed by atoms with Crippen LogP contribution in [0.15, 0.2) is 24.4 Å². The standard InChI is InChI=1S/C14H22N2O/c1-3-9-15-13(6-1)8-5-11-17-12-14-7-2-4-10-16-14/h2,4,7,10,13,15H,1,3,5-6,8-9,11-12H2/t13-/m1/s1. The average molecular weight is 234 g/mol. The zero-order valence-corrected chi connectivity index (χ0v) is 10.4. The maximum absolute atomic E-state index is 5.62. The Morgan fingerprint density at radius 1 is 1.35 bits per heavy atom. The van der Waals surface area contributed by atoms with Crippen LogP contribution < -0.4 is 5.32 Å². The third-order valence-electron chi connectivity index (χ3n) is 3.23. The average Bonchev–Trinajstić information content (AvgIpc) is 2.41. The molecule has 2 heterocycles. The van der Waals surface area contributed by atoms with E-state index >= 15 is 0 Å². The monoisotopic (exact) mass is 234 g/mol. The summed E-state index contributed by atoms with van der Waals surface area (Å²) < 4.78 is 5.62. The summed E-state index contributed by atoms with van der Waals surface area (Å²) in [5, 5.41) is 3.56. The Morgan fingerprint density at radius 3 is 3.12 bits per heavy atom. The maximum Gasteiger partial charge on any atom is 0.0887 e. The van der Waals surface area contributed by atoms with Gasteiger partial charge in [-0.2, -0.15) is 0 Å². The minimum Gasteiger partial charge on any atom is -0.375 e. The Kier molecular flexibility index (Phi) is 5.46. The van der Waals surface area contributed by atoms with Crippen molar-refractivity contribution in [2.24, 2.45) is 0 Å². The van der Waals surface area contributed by atoms with E-state index < -0.39 is 0 Å². The van der Waals surface area contributed by atoms with E-state index in [0.29, 0.717) is 6.61 Å². The Hall–Kier alpha value is -0.930. The van der Waals surface area contributed by atoms with Crippen LogP contribution in [0.25, 0.3) is 0 Å². The van der Waals surface area contributed by atoms with Crippen molar-refractivity contribution in [3.05, 3.63) is 30.1 Å². The van der Waals surface area contributed by atoms with Gasteiger partial charge in [0, 0.05) is 18.8 Å². The van der Waals surface area contributed by atoms with E-state index in [-0.39, 0.29) is 0 Å². The highest BCUT2D eigenvalue weighted by Gasteiger charge is 2.11. The first-order chi connectivity index (χ1) is 8.45. The van der Waals surface area contributed by atoms with Gasteiger partial charge in [-0.1, -0.05) is 12.5 Å². The zero-order chi connectivity index (χ0) is 11.8. The van der Waals surface area contributed by atoms with Gasteiger partial charge in [0.2, 0.25) is 0 Å². The Morgan fingerprint density at radius 2 is 2.35 bits per heavy atom. The minimum atomic E-state index is 0.638. The number of hydrogen-bond donors (Lipinski definition) is 1. The van der Waals surface area contributed by atoms with Crippen LogP contribution in [-0.4, -0.2) is 24.2 Å². The molecule has 0 amide bonds. The Bertz CT molecular complexity index is 296. The van der Waals surface area contributed by atoms with E-state index in [1.54, 1.807) is 0 Å². The first kappa shape index (κ1) is 12.5. The van der Waals surface area contributed by atoms with Crippen LogP contribution in [0, 0.1) is 0 Å². The summed E-state index contributed by atoms with van der Waals surface area (Å²) in [6, 6.07) is 6.65. The van der Waals surface area contributed by atoms with Crippen molar-refractivity contribution < 1.29 is 4.74 Å². The van der Waals surface area contributed by atoms with Crippen molar-refractivity contribution in [3.8, 4) is 0 Å². The number of hydrogen-bond acceptors (Lipinski definition) is 3. The van der Waals surface area contributed by atoms with Gasteiger partial charge in [-0.25, -0.2) is 0 Å². The molecular formula is C14H22N2O. The van der Waals surface area contributed by atoms with Crippen molar-refractivity contribution >= 4 is 0 Å². The van der Waals surface area contributed by atoms with E-state index in [9.17, 15) is 0 Å². The molecule has 1 fully saturated rings. The van der Waals surface area contributed by atoms with Gasteiger partial charge in [0.05, 0.1) is 12.3 Å². The molecule has 0 radical (unpaired) electrons. The topological polar surface area (TPSA) is 34.1 Å². The molecule has 1 aromatic heterocycles. The van der Waals surface area contributed by atoms with Crippen molar-refractivity contribution in [1.82, 2.24) is 10.3 Å². The summed E-state index contributed by atoms with van der Waals surface area (Å²) in [6.07, 6.45) is 8.25. The van der Waals surface area contributed by atoms with Crippen LogP contribution in [-0.2, 0) is 11.3 Å². The van der Waals surface area contributed by atoms with E-state index in [0.717, 1.165) is 24.8 Å². The van der Waals surface area contributed by atoms with Crippen LogP contribution in [0.4, 0.5) is 0 Å². The number of nitrogens with one attached hydrogen (secondary N) is 1. The van der Waals surface area contributed by atoms with Crippen LogP contribution >= 0.6 is 0 Å². The second-order valence-electron chi connectivity index (χ2n) is 4.66. The number of rotatable bonds is 6.